The first-order valence-corrected chi connectivity index (χ1v) is 6.15. The Labute approximate surface area is 158 Å². The van der Waals surface area contributed by atoms with Gasteiger partial charge in [0, 0.05) is 0 Å². The first-order valence-electron chi connectivity index (χ1n) is 6.15. The molecule has 0 aliphatic carbocycles. The van der Waals surface area contributed by atoms with E-state index < -0.39 is 0 Å². The van der Waals surface area contributed by atoms with Crippen LogP contribution in [0.25, 0.3) is 22.3 Å². The number of benzene rings is 3. The third kappa shape index (κ3) is 6.18. The van der Waals surface area contributed by atoms with Crippen molar-refractivity contribution < 1.29 is 21.7 Å². The maximum atomic E-state index is 2.18. The van der Waals surface area contributed by atoms with Crippen molar-refractivity contribution in [3.8, 4) is 22.3 Å². The molecular weight excluding hydrogens is 312 g/mol. The number of rotatable bonds is 2. The molecule has 0 amide bonds. The van der Waals surface area contributed by atoms with Crippen molar-refractivity contribution in [3.05, 3.63) is 115 Å². The van der Waals surface area contributed by atoms with Gasteiger partial charge in [-0.1, -0.05) is 84.9 Å². The van der Waals surface area contributed by atoms with Crippen LogP contribution >= 0.6 is 0 Å². The van der Waals surface area contributed by atoms with Crippen molar-refractivity contribution >= 4 is 0 Å². The zero-order chi connectivity index (χ0) is 12.2. The molecule has 0 heterocycles. The Morgan fingerprint density at radius 3 is 0.913 bits per heavy atom. The van der Waals surface area contributed by atoms with Crippen LogP contribution in [0.2, 0.25) is 0 Å². The summed E-state index contributed by atoms with van der Waals surface area (Å²) < 4.78 is 0. The summed E-state index contributed by atoms with van der Waals surface area (Å²) in [6.07, 6.45) is 0. The fourth-order valence-electron chi connectivity index (χ4n) is 2.22. The van der Waals surface area contributed by atoms with Gasteiger partial charge >= 0.3 is 21.7 Å². The second-order valence-electron chi connectivity index (χ2n) is 4.28. The van der Waals surface area contributed by atoms with E-state index in [-0.39, 0.29) is 51.4 Å². The van der Waals surface area contributed by atoms with Crippen molar-refractivity contribution in [2.45, 2.75) is 0 Å². The van der Waals surface area contributed by atoms with Crippen molar-refractivity contribution in [2.24, 2.45) is 0 Å². The van der Waals surface area contributed by atoms with Gasteiger partial charge in [0.1, 0.15) is 0 Å². The Kier molecular flexibility index (Phi) is 14.7. The van der Waals surface area contributed by atoms with Crippen molar-refractivity contribution in [1.29, 1.82) is 0 Å². The van der Waals surface area contributed by atoms with Crippen LogP contribution in [0.3, 0.4) is 0 Å². The third-order valence-corrected chi connectivity index (χ3v) is 3.10. The summed E-state index contributed by atoms with van der Waals surface area (Å²) in [5.41, 5.74) is 5.09. The van der Waals surface area contributed by atoms with Crippen LogP contribution in [-0.4, -0.2) is 0 Å². The molecule has 0 N–H and O–H groups in total. The van der Waals surface area contributed by atoms with E-state index in [1.54, 1.807) is 0 Å². The Morgan fingerprint density at radius 2 is 0.609 bits per heavy atom. The maximum absolute atomic E-state index is 2.18. The van der Waals surface area contributed by atoms with Gasteiger partial charge < -0.3 is 29.7 Å². The van der Waals surface area contributed by atoms with E-state index in [0.29, 0.717) is 0 Å². The second-order valence-corrected chi connectivity index (χ2v) is 4.28. The van der Waals surface area contributed by atoms with Crippen molar-refractivity contribution in [2.75, 3.05) is 0 Å². The standard InChI is InChI=1S/C18H14.4CH3.Ti/c1-3-9-15(10-4-1)17-13-7-8-14-18(17)16-11-5-2-6-12-16;;;;;/h1-14H;4*1H3;/q;4*-1;+4. The van der Waals surface area contributed by atoms with E-state index in [0.717, 1.165) is 0 Å². The minimum atomic E-state index is 0. The van der Waals surface area contributed by atoms with Gasteiger partial charge in [-0.25, -0.2) is 0 Å². The van der Waals surface area contributed by atoms with E-state index in [9.17, 15) is 0 Å². The first-order chi connectivity index (χ1) is 8.95. The van der Waals surface area contributed by atoms with Crippen LogP contribution in [0, 0.1) is 29.7 Å². The van der Waals surface area contributed by atoms with Crippen LogP contribution in [0.15, 0.2) is 84.9 Å². The smallest absolute Gasteiger partial charge is 0.358 e. The van der Waals surface area contributed by atoms with E-state index in [1.807, 2.05) is 0 Å². The fourth-order valence-corrected chi connectivity index (χ4v) is 2.22. The summed E-state index contributed by atoms with van der Waals surface area (Å²) in [5.74, 6) is 0. The quantitative estimate of drug-likeness (QED) is 0.355. The third-order valence-electron chi connectivity index (χ3n) is 3.10. The molecule has 0 aliphatic heterocycles. The van der Waals surface area contributed by atoms with Gasteiger partial charge in [-0.05, 0) is 22.3 Å². The number of hydrogen-bond acceptors (Lipinski definition) is 0. The summed E-state index contributed by atoms with van der Waals surface area (Å²) in [5, 5.41) is 0. The fraction of sp³-hybridized carbons (Fsp3) is 0. The molecule has 0 spiro atoms. The molecular formula is C22H26Ti. The zero-order valence-electron chi connectivity index (χ0n) is 14.6. The van der Waals surface area contributed by atoms with E-state index in [1.165, 1.54) is 22.3 Å². The molecule has 0 atom stereocenters. The molecule has 0 nitrogen and oxygen atoms in total. The molecule has 0 aliphatic rings. The monoisotopic (exact) mass is 338 g/mol. The molecule has 0 fully saturated rings. The van der Waals surface area contributed by atoms with Gasteiger partial charge in [0.15, 0.2) is 0 Å². The molecule has 0 aromatic heterocycles. The first kappa shape index (κ1) is 26.3. The zero-order valence-corrected chi connectivity index (χ0v) is 16.1. The molecule has 0 unspecified atom stereocenters. The molecule has 1 heteroatoms. The van der Waals surface area contributed by atoms with Gasteiger partial charge in [0.05, 0.1) is 0 Å². The van der Waals surface area contributed by atoms with E-state index in [2.05, 4.69) is 84.9 Å². The van der Waals surface area contributed by atoms with Gasteiger partial charge in [0.2, 0.25) is 0 Å². The van der Waals surface area contributed by atoms with E-state index >= 15 is 0 Å². The van der Waals surface area contributed by atoms with Crippen LogP contribution in [0.4, 0.5) is 0 Å². The van der Waals surface area contributed by atoms with Crippen LogP contribution in [0.5, 0.6) is 0 Å². The second kappa shape index (κ2) is 12.9. The molecule has 3 rings (SSSR count). The molecule has 0 saturated carbocycles. The topological polar surface area (TPSA) is 0 Å². The maximum Gasteiger partial charge on any atom is 4.00 e. The molecule has 0 bridgehead atoms. The summed E-state index contributed by atoms with van der Waals surface area (Å²) in [4.78, 5) is 0. The van der Waals surface area contributed by atoms with Crippen LogP contribution < -0.4 is 0 Å². The average molecular weight is 338 g/mol. The molecule has 118 valence electrons. The minimum Gasteiger partial charge on any atom is -0.358 e. The SMILES string of the molecule is [CH3-].[CH3-].[CH3-].[CH3-].[Ti+4].c1ccc(-c2ccccc2-c2ccccc2)cc1. The van der Waals surface area contributed by atoms with Gasteiger partial charge in [-0.2, -0.15) is 0 Å². The summed E-state index contributed by atoms with van der Waals surface area (Å²) >= 11 is 0. The van der Waals surface area contributed by atoms with Crippen LogP contribution in [-0.2, 0) is 21.7 Å². The Morgan fingerprint density at radius 1 is 0.348 bits per heavy atom. The largest absolute Gasteiger partial charge is 4.00 e. The Bertz CT molecular complexity index is 572. The summed E-state index contributed by atoms with van der Waals surface area (Å²) in [6.45, 7) is 0. The predicted octanol–water partition coefficient (Wildman–Crippen LogP) is 6.82. The number of hydrogen-bond donors (Lipinski definition) is 0. The summed E-state index contributed by atoms with van der Waals surface area (Å²) in [6, 6.07) is 29.6. The van der Waals surface area contributed by atoms with Crippen molar-refractivity contribution in [1.82, 2.24) is 0 Å². The molecule has 3 aromatic carbocycles. The van der Waals surface area contributed by atoms with Gasteiger partial charge in [0.25, 0.3) is 0 Å². The normalized spacial score (nSPS) is 8.00. The van der Waals surface area contributed by atoms with Gasteiger partial charge in [-0.15, -0.1) is 0 Å². The van der Waals surface area contributed by atoms with Crippen molar-refractivity contribution in [3.63, 3.8) is 0 Å². The predicted molar refractivity (Wildman–Crippen MR) is 103 cm³/mol. The summed E-state index contributed by atoms with van der Waals surface area (Å²) in [7, 11) is 0. The minimum absolute atomic E-state index is 0. The Balaban J connectivity index is -0.000000800. The van der Waals surface area contributed by atoms with Crippen LogP contribution in [0.1, 0.15) is 0 Å². The average Bonchev–Trinajstić information content (AvgIpc) is 2.49. The molecule has 3 aromatic rings. The molecule has 23 heavy (non-hydrogen) atoms. The molecule has 0 saturated heterocycles. The van der Waals surface area contributed by atoms with Gasteiger partial charge in [-0.3, -0.25) is 0 Å². The molecule has 0 radical (unpaired) electrons. The Hall–Kier alpha value is -1.63. The van der Waals surface area contributed by atoms with E-state index in [4.69, 9.17) is 0 Å².